The zero-order valence-corrected chi connectivity index (χ0v) is 7.86. The highest BCUT2D eigenvalue weighted by molar-refractivity contribution is 5.93. The van der Waals surface area contributed by atoms with E-state index in [1.54, 1.807) is 18.5 Å². The van der Waals surface area contributed by atoms with Gasteiger partial charge < -0.3 is 11.5 Å². The number of nitrogens with zero attached hydrogens (tertiary/aromatic N) is 1. The topological polar surface area (TPSA) is 82.0 Å². The Bertz CT molecular complexity index is 371. The normalized spacial score (nSPS) is 17.8. The Labute approximate surface area is 82.3 Å². The van der Waals surface area contributed by atoms with Crippen LogP contribution >= 0.6 is 0 Å². The summed E-state index contributed by atoms with van der Waals surface area (Å²) in [6, 6.07) is 1.69. The monoisotopic (exact) mass is 191 g/mol. The van der Waals surface area contributed by atoms with Crippen LogP contribution in [0.1, 0.15) is 18.4 Å². The largest absolute Gasteiger partial charge is 0.398 e. The van der Waals surface area contributed by atoms with Gasteiger partial charge in [-0.3, -0.25) is 9.78 Å². The summed E-state index contributed by atoms with van der Waals surface area (Å²) in [6.07, 6.45) is 5.13. The number of anilines is 1. The van der Waals surface area contributed by atoms with Crippen LogP contribution in [0.15, 0.2) is 18.5 Å². The van der Waals surface area contributed by atoms with Crippen molar-refractivity contribution in [1.29, 1.82) is 0 Å². The van der Waals surface area contributed by atoms with Crippen LogP contribution in [0, 0.1) is 0 Å². The van der Waals surface area contributed by atoms with E-state index in [2.05, 4.69) is 4.98 Å². The van der Waals surface area contributed by atoms with Crippen LogP contribution in [-0.4, -0.2) is 16.3 Å². The lowest BCUT2D eigenvalue weighted by molar-refractivity contribution is -0.120. The first-order valence-electron chi connectivity index (χ1n) is 4.62. The van der Waals surface area contributed by atoms with Crippen LogP contribution in [0.3, 0.4) is 0 Å². The van der Waals surface area contributed by atoms with Crippen LogP contribution in [0.25, 0.3) is 0 Å². The van der Waals surface area contributed by atoms with E-state index in [1.165, 1.54) is 0 Å². The maximum absolute atomic E-state index is 11.6. The van der Waals surface area contributed by atoms with Crippen LogP contribution in [0.5, 0.6) is 0 Å². The molecule has 1 aliphatic carbocycles. The maximum Gasteiger partial charge on any atom is 0.157 e. The lowest BCUT2D eigenvalue weighted by atomic mass is 10.0. The smallest absolute Gasteiger partial charge is 0.157 e. The van der Waals surface area contributed by atoms with Crippen LogP contribution in [0.2, 0.25) is 0 Å². The van der Waals surface area contributed by atoms with Crippen LogP contribution in [-0.2, 0) is 11.2 Å². The van der Waals surface area contributed by atoms with Crippen molar-refractivity contribution in [2.45, 2.75) is 24.8 Å². The van der Waals surface area contributed by atoms with Gasteiger partial charge in [0.15, 0.2) is 5.78 Å². The molecule has 0 amide bonds. The first kappa shape index (κ1) is 9.15. The average molecular weight is 191 g/mol. The zero-order chi connectivity index (χ0) is 10.2. The number of pyridine rings is 1. The number of rotatable bonds is 3. The summed E-state index contributed by atoms with van der Waals surface area (Å²) in [4.78, 5) is 15.6. The van der Waals surface area contributed by atoms with E-state index in [0.29, 0.717) is 12.1 Å². The Morgan fingerprint density at radius 2 is 2.29 bits per heavy atom. The lowest BCUT2D eigenvalue weighted by Gasteiger charge is -2.08. The van der Waals surface area contributed by atoms with Crippen molar-refractivity contribution in [1.82, 2.24) is 4.98 Å². The van der Waals surface area contributed by atoms with E-state index < -0.39 is 5.54 Å². The van der Waals surface area contributed by atoms with Crippen molar-refractivity contribution >= 4 is 11.5 Å². The molecule has 4 N–H and O–H groups in total. The van der Waals surface area contributed by atoms with Gasteiger partial charge in [-0.2, -0.15) is 0 Å². The predicted octanol–water partition coefficient (Wildman–Crippen LogP) is 0.267. The molecule has 1 saturated carbocycles. The number of hydrogen-bond donors (Lipinski definition) is 2. The SMILES string of the molecule is Nc1ccncc1CC(=O)C1(N)CC1. The van der Waals surface area contributed by atoms with Crippen molar-refractivity contribution < 1.29 is 4.79 Å². The average Bonchev–Trinajstić information content (AvgIpc) is 2.89. The third-order valence-corrected chi connectivity index (χ3v) is 2.64. The fourth-order valence-corrected chi connectivity index (χ4v) is 1.35. The quantitative estimate of drug-likeness (QED) is 0.718. The van der Waals surface area contributed by atoms with E-state index in [-0.39, 0.29) is 5.78 Å². The van der Waals surface area contributed by atoms with Gasteiger partial charge in [0.25, 0.3) is 0 Å². The van der Waals surface area contributed by atoms with Crippen molar-refractivity contribution in [2.75, 3.05) is 5.73 Å². The number of Topliss-reactive ketones (excluding diaryl/α,β-unsaturated/α-hetero) is 1. The van der Waals surface area contributed by atoms with Gasteiger partial charge in [0.2, 0.25) is 0 Å². The molecule has 74 valence electrons. The van der Waals surface area contributed by atoms with Crippen molar-refractivity contribution in [3.63, 3.8) is 0 Å². The minimum absolute atomic E-state index is 0.0669. The second-order valence-electron chi connectivity index (χ2n) is 3.83. The number of nitrogen functional groups attached to an aromatic ring is 1. The lowest BCUT2D eigenvalue weighted by Crippen LogP contribution is -2.34. The molecule has 1 aliphatic rings. The number of aromatic nitrogens is 1. The molecule has 1 aromatic heterocycles. The van der Waals surface area contributed by atoms with Crippen molar-refractivity contribution in [3.8, 4) is 0 Å². The molecule has 0 unspecified atom stereocenters. The zero-order valence-electron chi connectivity index (χ0n) is 7.86. The number of nitrogens with two attached hydrogens (primary N) is 2. The number of carbonyl (C=O) groups excluding carboxylic acids is 1. The fourth-order valence-electron chi connectivity index (χ4n) is 1.35. The molecule has 4 nitrogen and oxygen atoms in total. The molecule has 14 heavy (non-hydrogen) atoms. The van der Waals surface area contributed by atoms with Crippen LogP contribution in [0.4, 0.5) is 5.69 Å². The molecule has 0 atom stereocenters. The van der Waals surface area contributed by atoms with Gasteiger partial charge in [-0.05, 0) is 18.9 Å². The van der Waals surface area contributed by atoms with Crippen molar-refractivity contribution in [2.24, 2.45) is 5.73 Å². The van der Waals surface area contributed by atoms with E-state index in [1.807, 2.05) is 0 Å². The van der Waals surface area contributed by atoms with Gasteiger partial charge in [-0.1, -0.05) is 0 Å². The molecular weight excluding hydrogens is 178 g/mol. The van der Waals surface area contributed by atoms with E-state index in [4.69, 9.17) is 11.5 Å². The Balaban J connectivity index is 2.11. The minimum Gasteiger partial charge on any atom is -0.398 e. The molecule has 1 aromatic rings. The van der Waals surface area contributed by atoms with Gasteiger partial charge in [0, 0.05) is 30.1 Å². The summed E-state index contributed by atoms with van der Waals surface area (Å²) in [7, 11) is 0. The Kier molecular flexibility index (Phi) is 2.00. The molecule has 0 aromatic carbocycles. The summed E-state index contributed by atoms with van der Waals surface area (Å²) in [5, 5.41) is 0. The van der Waals surface area contributed by atoms with Crippen LogP contribution < -0.4 is 11.5 Å². The van der Waals surface area contributed by atoms with Gasteiger partial charge in [-0.15, -0.1) is 0 Å². The standard InChI is InChI=1S/C10H13N3O/c11-8-1-4-13-6-7(8)5-9(14)10(12)2-3-10/h1,4,6H,2-3,5,12H2,(H2,11,13). The number of carbonyl (C=O) groups is 1. The minimum atomic E-state index is -0.567. The Morgan fingerprint density at radius 1 is 1.57 bits per heavy atom. The molecule has 1 heterocycles. The molecule has 4 heteroatoms. The summed E-state index contributed by atoms with van der Waals surface area (Å²) < 4.78 is 0. The van der Waals surface area contributed by atoms with Gasteiger partial charge in [-0.25, -0.2) is 0 Å². The summed E-state index contributed by atoms with van der Waals surface area (Å²) in [5.74, 6) is 0.0669. The Morgan fingerprint density at radius 3 is 2.86 bits per heavy atom. The molecule has 2 rings (SSSR count). The summed E-state index contributed by atoms with van der Waals surface area (Å²) >= 11 is 0. The predicted molar refractivity (Wildman–Crippen MR) is 53.5 cm³/mol. The number of hydrogen-bond acceptors (Lipinski definition) is 4. The van der Waals surface area contributed by atoms with Gasteiger partial charge >= 0.3 is 0 Å². The summed E-state index contributed by atoms with van der Waals surface area (Å²) in [6.45, 7) is 0. The maximum atomic E-state index is 11.6. The second kappa shape index (κ2) is 3.06. The highest BCUT2D eigenvalue weighted by atomic mass is 16.1. The third-order valence-electron chi connectivity index (χ3n) is 2.64. The second-order valence-corrected chi connectivity index (χ2v) is 3.83. The third kappa shape index (κ3) is 1.61. The van der Waals surface area contributed by atoms with Crippen molar-refractivity contribution in [3.05, 3.63) is 24.0 Å². The van der Waals surface area contributed by atoms with E-state index >= 15 is 0 Å². The molecule has 0 radical (unpaired) electrons. The molecule has 0 bridgehead atoms. The number of ketones is 1. The van der Waals surface area contributed by atoms with E-state index in [0.717, 1.165) is 18.4 Å². The molecule has 0 aliphatic heterocycles. The molecular formula is C10H13N3O. The highest BCUT2D eigenvalue weighted by Crippen LogP contribution is 2.34. The van der Waals surface area contributed by atoms with E-state index in [9.17, 15) is 4.79 Å². The fraction of sp³-hybridized carbons (Fsp3) is 0.400. The highest BCUT2D eigenvalue weighted by Gasteiger charge is 2.45. The molecule has 0 saturated heterocycles. The molecule has 0 spiro atoms. The molecule has 1 fully saturated rings. The first-order valence-corrected chi connectivity index (χ1v) is 4.62. The Hall–Kier alpha value is -1.42. The van der Waals surface area contributed by atoms with Gasteiger partial charge in [0.1, 0.15) is 0 Å². The first-order chi connectivity index (χ1) is 6.62. The van der Waals surface area contributed by atoms with Gasteiger partial charge in [0.05, 0.1) is 5.54 Å². The summed E-state index contributed by atoms with van der Waals surface area (Å²) in [5.41, 5.74) is 12.3.